The number of hydrogen-bond donors (Lipinski definition) is 1. The maximum Gasteiger partial charge on any atom is 0.251 e. The highest BCUT2D eigenvalue weighted by Crippen LogP contribution is 2.36. The van der Waals surface area contributed by atoms with Gasteiger partial charge in [0.1, 0.15) is 11.9 Å². The van der Waals surface area contributed by atoms with Crippen LogP contribution < -0.4 is 5.32 Å². The fraction of sp³-hybridized carbons (Fsp3) is 0.619. The topological polar surface area (TPSA) is 49.4 Å². The molecule has 5 heteroatoms. The van der Waals surface area contributed by atoms with Gasteiger partial charge in [0.2, 0.25) is 5.91 Å². The number of amides is 2. The van der Waals surface area contributed by atoms with Gasteiger partial charge >= 0.3 is 0 Å². The Kier molecular flexibility index (Phi) is 5.94. The molecular formula is C21H29FN2O2. The monoisotopic (exact) mass is 360 g/mol. The summed E-state index contributed by atoms with van der Waals surface area (Å²) >= 11 is 0. The molecule has 2 aliphatic rings. The smallest absolute Gasteiger partial charge is 0.251 e. The van der Waals surface area contributed by atoms with Gasteiger partial charge in [-0.25, -0.2) is 4.39 Å². The predicted octanol–water partition coefficient (Wildman–Crippen LogP) is 3.62. The van der Waals surface area contributed by atoms with Crippen molar-refractivity contribution < 1.29 is 14.0 Å². The lowest BCUT2D eigenvalue weighted by Crippen LogP contribution is -2.54. The summed E-state index contributed by atoms with van der Waals surface area (Å²) in [6.07, 6.45) is 6.16. The second kappa shape index (κ2) is 8.19. The van der Waals surface area contributed by atoms with Crippen LogP contribution in [0.2, 0.25) is 0 Å². The molecule has 2 fully saturated rings. The average molecular weight is 360 g/mol. The van der Waals surface area contributed by atoms with Gasteiger partial charge < -0.3 is 10.2 Å². The number of piperidine rings is 1. The number of nitrogens with zero attached hydrogens (tertiary/aromatic N) is 1. The van der Waals surface area contributed by atoms with Crippen LogP contribution in [0.3, 0.4) is 0 Å². The average Bonchev–Trinajstić information content (AvgIpc) is 2.65. The number of hydrogen-bond acceptors (Lipinski definition) is 2. The number of carbonyl (C=O) groups is 2. The number of rotatable bonds is 4. The Labute approximate surface area is 155 Å². The standard InChI is InChI=1S/C21H29FN2O2/c1-14(2)19(23-20(25)16-7-9-18(22)10-8-16)21(26)24-12-11-15-5-3-4-6-17(15)13-24/h7-10,14-15,17,19H,3-6,11-13H2,1-2H3,(H,23,25)/t15-,17+,19-/m0/s1. The van der Waals surface area contributed by atoms with E-state index in [0.29, 0.717) is 11.5 Å². The highest BCUT2D eigenvalue weighted by atomic mass is 19.1. The minimum Gasteiger partial charge on any atom is -0.341 e. The van der Waals surface area contributed by atoms with Crippen molar-refractivity contribution in [2.75, 3.05) is 13.1 Å². The minimum absolute atomic E-state index is 0.00372. The molecule has 0 aromatic heterocycles. The molecule has 0 radical (unpaired) electrons. The number of benzene rings is 1. The van der Waals surface area contributed by atoms with Crippen molar-refractivity contribution in [1.29, 1.82) is 0 Å². The summed E-state index contributed by atoms with van der Waals surface area (Å²) in [5, 5.41) is 2.87. The van der Waals surface area contributed by atoms with E-state index in [1.54, 1.807) is 0 Å². The molecule has 0 spiro atoms. The fourth-order valence-electron chi connectivity index (χ4n) is 4.34. The minimum atomic E-state index is -0.548. The molecule has 3 atom stereocenters. The Hall–Kier alpha value is -1.91. The largest absolute Gasteiger partial charge is 0.341 e. The van der Waals surface area contributed by atoms with E-state index in [4.69, 9.17) is 0 Å². The zero-order chi connectivity index (χ0) is 18.7. The van der Waals surface area contributed by atoms with Crippen LogP contribution in [-0.4, -0.2) is 35.8 Å². The molecule has 142 valence electrons. The van der Waals surface area contributed by atoms with Gasteiger partial charge in [0, 0.05) is 18.7 Å². The van der Waals surface area contributed by atoms with Gasteiger partial charge in [-0.05, 0) is 54.9 Å². The first kappa shape index (κ1) is 18.9. The summed E-state index contributed by atoms with van der Waals surface area (Å²) in [5.41, 5.74) is 0.371. The van der Waals surface area contributed by atoms with E-state index in [2.05, 4.69) is 5.32 Å². The van der Waals surface area contributed by atoms with Crippen LogP contribution in [0.1, 0.15) is 56.3 Å². The maximum atomic E-state index is 13.1. The van der Waals surface area contributed by atoms with Crippen molar-refractivity contribution in [2.45, 2.75) is 52.0 Å². The van der Waals surface area contributed by atoms with E-state index in [1.165, 1.54) is 49.9 Å². The highest BCUT2D eigenvalue weighted by molar-refractivity contribution is 5.97. The summed E-state index contributed by atoms with van der Waals surface area (Å²) in [4.78, 5) is 27.5. The summed E-state index contributed by atoms with van der Waals surface area (Å²) in [6.45, 7) is 5.50. The van der Waals surface area contributed by atoms with Crippen LogP contribution >= 0.6 is 0 Å². The van der Waals surface area contributed by atoms with Gasteiger partial charge in [-0.3, -0.25) is 9.59 Å². The normalized spacial score (nSPS) is 24.1. The van der Waals surface area contributed by atoms with Crippen LogP contribution in [0, 0.1) is 23.6 Å². The molecule has 1 aromatic rings. The van der Waals surface area contributed by atoms with E-state index in [-0.39, 0.29) is 23.5 Å². The molecule has 1 saturated heterocycles. The van der Waals surface area contributed by atoms with Crippen molar-refractivity contribution in [2.24, 2.45) is 17.8 Å². The Morgan fingerprint density at radius 1 is 1.08 bits per heavy atom. The predicted molar refractivity (Wildman–Crippen MR) is 99.1 cm³/mol. The van der Waals surface area contributed by atoms with Crippen molar-refractivity contribution in [1.82, 2.24) is 10.2 Å². The zero-order valence-electron chi connectivity index (χ0n) is 15.7. The molecule has 1 N–H and O–H groups in total. The van der Waals surface area contributed by atoms with Crippen LogP contribution in [0.25, 0.3) is 0 Å². The molecule has 0 unspecified atom stereocenters. The second-order valence-corrected chi connectivity index (χ2v) is 8.08. The third-order valence-corrected chi connectivity index (χ3v) is 5.93. The van der Waals surface area contributed by atoms with Gasteiger partial charge in [0.05, 0.1) is 0 Å². The molecule has 2 amide bonds. The Morgan fingerprint density at radius 3 is 2.38 bits per heavy atom. The molecule has 1 saturated carbocycles. The fourth-order valence-corrected chi connectivity index (χ4v) is 4.34. The molecule has 1 aromatic carbocycles. The lowest BCUT2D eigenvalue weighted by Gasteiger charge is -2.42. The lowest BCUT2D eigenvalue weighted by molar-refractivity contribution is -0.137. The van der Waals surface area contributed by atoms with Crippen molar-refractivity contribution in [3.05, 3.63) is 35.6 Å². The third kappa shape index (κ3) is 4.25. The van der Waals surface area contributed by atoms with E-state index >= 15 is 0 Å². The zero-order valence-corrected chi connectivity index (χ0v) is 15.7. The van der Waals surface area contributed by atoms with Gasteiger partial charge in [-0.15, -0.1) is 0 Å². The van der Waals surface area contributed by atoms with E-state index in [9.17, 15) is 14.0 Å². The Bertz CT molecular complexity index is 644. The van der Waals surface area contributed by atoms with Gasteiger partial charge in [-0.1, -0.05) is 33.1 Å². The lowest BCUT2D eigenvalue weighted by atomic mass is 9.75. The van der Waals surface area contributed by atoms with Gasteiger partial charge in [-0.2, -0.15) is 0 Å². The molecule has 1 heterocycles. The summed E-state index contributed by atoms with van der Waals surface area (Å²) < 4.78 is 13.1. The number of nitrogens with one attached hydrogen (secondary N) is 1. The first-order valence-electron chi connectivity index (χ1n) is 9.81. The van der Waals surface area contributed by atoms with Crippen molar-refractivity contribution in [3.63, 3.8) is 0 Å². The van der Waals surface area contributed by atoms with Crippen LogP contribution in [0.15, 0.2) is 24.3 Å². The van der Waals surface area contributed by atoms with Crippen LogP contribution in [0.4, 0.5) is 4.39 Å². The van der Waals surface area contributed by atoms with Gasteiger partial charge in [0.25, 0.3) is 5.91 Å². The molecular weight excluding hydrogens is 331 g/mol. The first-order valence-corrected chi connectivity index (χ1v) is 9.81. The SMILES string of the molecule is CC(C)[C@H](NC(=O)c1ccc(F)cc1)C(=O)N1CC[C@@H]2CCCC[C@@H]2C1. The highest BCUT2D eigenvalue weighted by Gasteiger charge is 2.36. The summed E-state index contributed by atoms with van der Waals surface area (Å²) in [5.74, 6) is 0.676. The van der Waals surface area contributed by atoms with Crippen molar-refractivity contribution >= 4 is 11.8 Å². The van der Waals surface area contributed by atoms with E-state index in [1.807, 2.05) is 18.7 Å². The quantitative estimate of drug-likeness (QED) is 0.892. The molecule has 1 aliphatic carbocycles. The maximum absolute atomic E-state index is 13.1. The second-order valence-electron chi connectivity index (χ2n) is 8.08. The number of fused-ring (bicyclic) bond motifs is 1. The molecule has 0 bridgehead atoms. The third-order valence-electron chi connectivity index (χ3n) is 5.93. The van der Waals surface area contributed by atoms with E-state index < -0.39 is 6.04 Å². The van der Waals surface area contributed by atoms with E-state index in [0.717, 1.165) is 25.4 Å². The molecule has 4 nitrogen and oxygen atoms in total. The van der Waals surface area contributed by atoms with Crippen molar-refractivity contribution in [3.8, 4) is 0 Å². The summed E-state index contributed by atoms with van der Waals surface area (Å²) in [6, 6.07) is 4.86. The summed E-state index contributed by atoms with van der Waals surface area (Å²) in [7, 11) is 0. The van der Waals surface area contributed by atoms with Crippen LogP contribution in [0.5, 0.6) is 0 Å². The molecule has 1 aliphatic heterocycles. The number of halogens is 1. The number of likely N-dealkylation sites (tertiary alicyclic amines) is 1. The molecule has 3 rings (SSSR count). The first-order chi connectivity index (χ1) is 12.5. The van der Waals surface area contributed by atoms with Crippen LogP contribution in [-0.2, 0) is 4.79 Å². The Morgan fingerprint density at radius 2 is 1.73 bits per heavy atom. The van der Waals surface area contributed by atoms with Gasteiger partial charge in [0.15, 0.2) is 0 Å². The Balaban J connectivity index is 1.66. The number of carbonyl (C=O) groups excluding carboxylic acids is 2. The molecule has 26 heavy (non-hydrogen) atoms.